The minimum absolute atomic E-state index is 0.0777. The monoisotopic (exact) mass is 433 g/mol. The first-order valence-electron chi connectivity index (χ1n) is 9.57. The van der Waals surface area contributed by atoms with Crippen molar-refractivity contribution in [1.82, 2.24) is 4.90 Å². The largest absolute Gasteiger partial charge is 0.507 e. The standard InChI is InChI=1S/C22H24ClNO4S/c1-4-5-6-9-24-18(16-8-7-10-29-16)17(20(26)22(24)27)19(25)14-11-13(2)12-15(23)21(14)28-3/h7-8,10-12,18,25H,4-6,9H2,1-3H3/b19-17-. The number of carbonyl (C=O) groups is 2. The van der Waals surface area contributed by atoms with Crippen LogP contribution in [0.1, 0.15) is 48.2 Å². The van der Waals surface area contributed by atoms with Crippen LogP contribution in [0.5, 0.6) is 5.75 Å². The average Bonchev–Trinajstić information content (AvgIpc) is 3.29. The Morgan fingerprint density at radius 3 is 2.69 bits per heavy atom. The number of nitrogens with zero attached hydrogens (tertiary/aromatic N) is 1. The summed E-state index contributed by atoms with van der Waals surface area (Å²) in [6.45, 7) is 4.38. The van der Waals surface area contributed by atoms with Gasteiger partial charge in [0.15, 0.2) is 0 Å². The third-order valence-electron chi connectivity index (χ3n) is 5.00. The van der Waals surface area contributed by atoms with Crippen LogP contribution in [-0.4, -0.2) is 35.4 Å². The van der Waals surface area contributed by atoms with E-state index in [4.69, 9.17) is 16.3 Å². The van der Waals surface area contributed by atoms with Crippen LogP contribution < -0.4 is 4.74 Å². The maximum Gasteiger partial charge on any atom is 0.295 e. The highest BCUT2D eigenvalue weighted by molar-refractivity contribution is 7.10. The van der Waals surface area contributed by atoms with E-state index in [0.717, 1.165) is 29.7 Å². The third kappa shape index (κ3) is 4.05. The van der Waals surface area contributed by atoms with Crippen LogP contribution >= 0.6 is 22.9 Å². The quantitative estimate of drug-likeness (QED) is 0.277. The minimum atomic E-state index is -0.683. The number of Topliss-reactive ketones (excluding diaryl/α,β-unsaturated/α-hetero) is 1. The zero-order valence-electron chi connectivity index (χ0n) is 16.7. The van der Waals surface area contributed by atoms with Gasteiger partial charge in [0.25, 0.3) is 11.7 Å². The van der Waals surface area contributed by atoms with Gasteiger partial charge in [0.1, 0.15) is 11.5 Å². The van der Waals surface area contributed by atoms with Gasteiger partial charge in [-0.15, -0.1) is 11.3 Å². The molecule has 1 aliphatic heterocycles. The van der Waals surface area contributed by atoms with Gasteiger partial charge in [-0.25, -0.2) is 0 Å². The molecular formula is C22H24ClNO4S. The van der Waals surface area contributed by atoms with Crippen LogP contribution in [0.25, 0.3) is 5.76 Å². The van der Waals surface area contributed by atoms with Crippen molar-refractivity contribution in [1.29, 1.82) is 0 Å². The van der Waals surface area contributed by atoms with E-state index >= 15 is 0 Å². The second kappa shape index (κ2) is 9.01. The van der Waals surface area contributed by atoms with Gasteiger partial charge in [0.05, 0.1) is 29.3 Å². The molecule has 0 aliphatic carbocycles. The first-order valence-corrected chi connectivity index (χ1v) is 10.8. The lowest BCUT2D eigenvalue weighted by atomic mass is 9.98. The molecular weight excluding hydrogens is 410 g/mol. The molecule has 3 rings (SSSR count). The number of hydrogen-bond donors (Lipinski definition) is 1. The van der Waals surface area contributed by atoms with Gasteiger partial charge in [-0.3, -0.25) is 9.59 Å². The van der Waals surface area contributed by atoms with Crippen LogP contribution in [0.15, 0.2) is 35.2 Å². The third-order valence-corrected chi connectivity index (χ3v) is 6.21. The van der Waals surface area contributed by atoms with Crippen LogP contribution in [0.4, 0.5) is 0 Å². The fourth-order valence-electron chi connectivity index (χ4n) is 3.64. The summed E-state index contributed by atoms with van der Waals surface area (Å²) in [6.07, 6.45) is 2.76. The molecule has 0 radical (unpaired) electrons. The Kier molecular flexibility index (Phi) is 6.65. The number of unbranched alkanes of at least 4 members (excludes halogenated alkanes) is 2. The average molecular weight is 434 g/mol. The van der Waals surface area contributed by atoms with Gasteiger partial charge < -0.3 is 14.7 Å². The molecule has 1 N–H and O–H groups in total. The number of hydrogen-bond acceptors (Lipinski definition) is 5. The Morgan fingerprint density at radius 2 is 2.07 bits per heavy atom. The number of methoxy groups -OCH3 is 1. The Labute approximate surface area is 179 Å². The number of amides is 1. The van der Waals surface area contributed by atoms with Crippen molar-refractivity contribution in [3.8, 4) is 5.75 Å². The number of rotatable bonds is 7. The highest BCUT2D eigenvalue weighted by atomic mass is 35.5. The number of aryl methyl sites for hydroxylation is 1. The summed E-state index contributed by atoms with van der Waals surface area (Å²) >= 11 is 7.73. The van der Waals surface area contributed by atoms with E-state index in [9.17, 15) is 14.7 Å². The number of aliphatic hydroxyl groups is 1. The zero-order valence-corrected chi connectivity index (χ0v) is 18.3. The number of likely N-dealkylation sites (tertiary alicyclic amines) is 1. The number of carbonyl (C=O) groups excluding carboxylic acids is 2. The number of thiophene rings is 1. The molecule has 2 aromatic rings. The highest BCUT2D eigenvalue weighted by Gasteiger charge is 2.46. The van der Waals surface area contributed by atoms with Gasteiger partial charge >= 0.3 is 0 Å². The highest BCUT2D eigenvalue weighted by Crippen LogP contribution is 2.43. The molecule has 1 amide bonds. The number of halogens is 1. The van der Waals surface area contributed by atoms with Crippen molar-refractivity contribution < 1.29 is 19.4 Å². The van der Waals surface area contributed by atoms with E-state index in [0.29, 0.717) is 17.1 Å². The topological polar surface area (TPSA) is 66.8 Å². The molecule has 154 valence electrons. The predicted molar refractivity (Wildman–Crippen MR) is 116 cm³/mol. The van der Waals surface area contributed by atoms with E-state index < -0.39 is 17.7 Å². The van der Waals surface area contributed by atoms with Crippen molar-refractivity contribution in [3.63, 3.8) is 0 Å². The smallest absolute Gasteiger partial charge is 0.295 e. The molecule has 0 saturated carbocycles. The second-order valence-corrected chi connectivity index (χ2v) is 8.43. The molecule has 5 nitrogen and oxygen atoms in total. The lowest BCUT2D eigenvalue weighted by molar-refractivity contribution is -0.139. The molecule has 7 heteroatoms. The van der Waals surface area contributed by atoms with E-state index in [2.05, 4.69) is 6.92 Å². The number of ether oxygens (including phenoxy) is 1. The molecule has 1 aliphatic rings. The maximum atomic E-state index is 13.0. The molecule has 29 heavy (non-hydrogen) atoms. The molecule has 1 saturated heterocycles. The molecule has 1 aromatic heterocycles. The summed E-state index contributed by atoms with van der Waals surface area (Å²) in [5.41, 5.74) is 1.20. The summed E-state index contributed by atoms with van der Waals surface area (Å²) in [7, 11) is 1.45. The molecule has 1 atom stereocenters. The minimum Gasteiger partial charge on any atom is -0.507 e. The molecule has 0 spiro atoms. The van der Waals surface area contributed by atoms with E-state index in [1.165, 1.54) is 18.4 Å². The fourth-order valence-corrected chi connectivity index (χ4v) is 4.84. The molecule has 1 fully saturated rings. The predicted octanol–water partition coefficient (Wildman–Crippen LogP) is 5.33. The Morgan fingerprint density at radius 1 is 1.31 bits per heavy atom. The van der Waals surface area contributed by atoms with Gasteiger partial charge in [0.2, 0.25) is 0 Å². The van der Waals surface area contributed by atoms with E-state index in [1.807, 2.05) is 24.4 Å². The summed E-state index contributed by atoms with van der Waals surface area (Å²) < 4.78 is 5.37. The van der Waals surface area contributed by atoms with Crippen molar-refractivity contribution >= 4 is 40.4 Å². The van der Waals surface area contributed by atoms with E-state index in [1.54, 1.807) is 17.0 Å². The summed E-state index contributed by atoms with van der Waals surface area (Å²) in [4.78, 5) is 28.2. The fraction of sp³-hybridized carbons (Fsp3) is 0.364. The van der Waals surface area contributed by atoms with Gasteiger partial charge in [-0.1, -0.05) is 37.4 Å². The SMILES string of the molecule is CCCCCN1C(=O)C(=O)/C(=C(\O)c2cc(C)cc(Cl)c2OC)C1c1cccs1. The molecule has 2 heterocycles. The van der Waals surface area contributed by atoms with Crippen molar-refractivity contribution in [2.75, 3.05) is 13.7 Å². The van der Waals surface area contributed by atoms with Crippen molar-refractivity contribution in [2.24, 2.45) is 0 Å². The van der Waals surface area contributed by atoms with Crippen LogP contribution in [-0.2, 0) is 9.59 Å². The number of aliphatic hydroxyl groups excluding tert-OH is 1. The van der Waals surface area contributed by atoms with Gasteiger partial charge in [-0.05, 0) is 42.5 Å². The Bertz CT molecular complexity index is 952. The van der Waals surface area contributed by atoms with E-state index in [-0.39, 0.29) is 17.1 Å². The summed E-state index contributed by atoms with van der Waals surface area (Å²) in [5, 5.41) is 13.4. The molecule has 1 aromatic carbocycles. The summed E-state index contributed by atoms with van der Waals surface area (Å²) in [5.74, 6) is -1.25. The number of benzene rings is 1. The zero-order chi connectivity index (χ0) is 21.1. The van der Waals surface area contributed by atoms with Gasteiger partial charge in [-0.2, -0.15) is 0 Å². The van der Waals surface area contributed by atoms with Gasteiger partial charge in [0, 0.05) is 11.4 Å². The second-order valence-electron chi connectivity index (χ2n) is 7.04. The Hall–Kier alpha value is -2.31. The van der Waals surface area contributed by atoms with Crippen molar-refractivity contribution in [3.05, 3.63) is 56.2 Å². The lowest BCUT2D eigenvalue weighted by Gasteiger charge is -2.24. The van der Waals surface area contributed by atoms with Crippen molar-refractivity contribution in [2.45, 2.75) is 39.2 Å². The maximum absolute atomic E-state index is 13.0. The molecule has 1 unspecified atom stereocenters. The summed E-state index contributed by atoms with van der Waals surface area (Å²) in [6, 6.07) is 6.56. The molecule has 0 bridgehead atoms. The normalized spacial score (nSPS) is 18.5. The first kappa shape index (κ1) is 21.4. The first-order chi connectivity index (χ1) is 13.9. The van der Waals surface area contributed by atoms with Crippen LogP contribution in [0, 0.1) is 6.92 Å². The number of ketones is 1. The van der Waals surface area contributed by atoms with Crippen LogP contribution in [0.2, 0.25) is 5.02 Å². The lowest BCUT2D eigenvalue weighted by Crippen LogP contribution is -2.30. The van der Waals surface area contributed by atoms with Crippen LogP contribution in [0.3, 0.4) is 0 Å². The Balaban J connectivity index is 2.17.